The van der Waals surface area contributed by atoms with Crippen molar-refractivity contribution in [3.63, 3.8) is 0 Å². The van der Waals surface area contributed by atoms with Crippen molar-refractivity contribution >= 4 is 18.5 Å². The van der Waals surface area contributed by atoms with E-state index in [1.165, 1.54) is 22.2 Å². The standard InChI is InChI=1S/C23H26N2P.C5H5.Fe/c1-19(25-17-15-24-16-18-25)22-13-8-14-23(22)26(20-9-4-2-5-10-20)21-11-6-3-7-12-21;1-2-4-5-3-1;/h2-14,19,24H,15-18H2,1H3;1-5H;/q;;+2/t19-;;/m0../s1. The summed E-state index contributed by atoms with van der Waals surface area (Å²) in [6.07, 6.45) is 16.9. The quantitative estimate of drug-likeness (QED) is 0.509. The molecule has 0 spiro atoms. The summed E-state index contributed by atoms with van der Waals surface area (Å²) in [6.45, 7) is 6.80. The second-order valence-corrected chi connectivity index (χ2v) is 9.98. The number of nitrogens with zero attached hydrogens (tertiary/aromatic N) is 1. The van der Waals surface area contributed by atoms with Gasteiger partial charge in [0, 0.05) is 43.8 Å². The summed E-state index contributed by atoms with van der Waals surface area (Å²) in [7, 11) is -0.526. The van der Waals surface area contributed by atoms with E-state index in [1.807, 2.05) is 32.1 Å². The maximum atomic E-state index is 3.47. The van der Waals surface area contributed by atoms with Crippen molar-refractivity contribution < 1.29 is 17.1 Å². The van der Waals surface area contributed by atoms with Gasteiger partial charge in [-0.05, 0) is 76.8 Å². The van der Waals surface area contributed by atoms with Gasteiger partial charge in [-0.15, -0.1) is 0 Å². The molecule has 0 amide bonds. The Morgan fingerprint density at radius 1 is 0.719 bits per heavy atom. The van der Waals surface area contributed by atoms with Crippen molar-refractivity contribution in [2.75, 3.05) is 26.2 Å². The predicted molar refractivity (Wildman–Crippen MR) is 134 cm³/mol. The number of hydrogen-bond donors (Lipinski definition) is 1. The summed E-state index contributed by atoms with van der Waals surface area (Å²) >= 11 is 0. The Balaban J connectivity index is 0.000000427. The smallest absolute Gasteiger partial charge is 0.314 e. The first-order chi connectivity index (χ1) is 15.3. The Morgan fingerprint density at radius 3 is 1.72 bits per heavy atom. The summed E-state index contributed by atoms with van der Waals surface area (Å²) in [4.78, 5) is 2.61. The Morgan fingerprint density at radius 2 is 1.22 bits per heavy atom. The number of benzene rings is 2. The third kappa shape index (κ3) is 6.91. The van der Waals surface area contributed by atoms with Crippen molar-refractivity contribution in [3.8, 4) is 0 Å². The van der Waals surface area contributed by atoms with Crippen LogP contribution in [0.2, 0.25) is 0 Å². The topological polar surface area (TPSA) is 15.3 Å². The molecule has 0 bridgehead atoms. The molecule has 164 valence electrons. The van der Waals surface area contributed by atoms with Crippen LogP contribution in [0.3, 0.4) is 0 Å². The first-order valence-corrected chi connectivity index (χ1v) is 12.5. The van der Waals surface area contributed by atoms with E-state index in [9.17, 15) is 0 Å². The Bertz CT molecular complexity index is 699. The second kappa shape index (κ2) is 13.9. The number of hydrogen-bond acceptors (Lipinski definition) is 2. The van der Waals surface area contributed by atoms with E-state index in [2.05, 4.69) is 97.1 Å². The molecule has 2 nitrogen and oxygen atoms in total. The first kappa shape index (κ1) is 25.9. The zero-order valence-corrected chi connectivity index (χ0v) is 20.5. The van der Waals surface area contributed by atoms with Crippen molar-refractivity contribution in [1.29, 1.82) is 0 Å². The van der Waals surface area contributed by atoms with Crippen LogP contribution >= 0.6 is 7.92 Å². The molecule has 32 heavy (non-hydrogen) atoms. The average Bonchev–Trinajstić information content (AvgIpc) is 3.57. The van der Waals surface area contributed by atoms with Gasteiger partial charge in [0.15, 0.2) is 0 Å². The monoisotopic (exact) mass is 482 g/mol. The largest absolute Gasteiger partial charge is 2.00 e. The van der Waals surface area contributed by atoms with E-state index in [-0.39, 0.29) is 17.1 Å². The molecule has 1 N–H and O–H groups in total. The summed E-state index contributed by atoms with van der Waals surface area (Å²) in [5.74, 6) is 1.49. The molecule has 0 unspecified atom stereocenters. The van der Waals surface area contributed by atoms with Gasteiger partial charge >= 0.3 is 17.1 Å². The molecule has 3 fully saturated rings. The van der Waals surface area contributed by atoms with Crippen LogP contribution in [-0.2, 0) is 17.1 Å². The molecule has 1 aliphatic heterocycles. The average molecular weight is 482 g/mol. The van der Waals surface area contributed by atoms with Crippen LogP contribution in [0.5, 0.6) is 0 Å². The molecule has 2 aliphatic carbocycles. The van der Waals surface area contributed by atoms with Crippen LogP contribution in [0.15, 0.2) is 60.7 Å². The van der Waals surface area contributed by atoms with Gasteiger partial charge in [-0.3, -0.25) is 4.90 Å². The van der Waals surface area contributed by atoms with Gasteiger partial charge in [-0.1, -0.05) is 60.7 Å². The number of nitrogens with one attached hydrogen (secondary N) is 1. The minimum absolute atomic E-state index is 0. The Hall–Kier alpha value is -0.691. The van der Waals surface area contributed by atoms with Crippen molar-refractivity contribution in [3.05, 3.63) is 124 Å². The molecule has 1 atom stereocenters. The summed E-state index contributed by atoms with van der Waals surface area (Å²) in [6, 6.07) is 22.5. The molecular formula is C28H31FeN2P+2. The third-order valence-electron chi connectivity index (χ3n) is 5.80. The molecular weight excluding hydrogens is 451 g/mol. The zero-order valence-electron chi connectivity index (χ0n) is 18.5. The maximum absolute atomic E-state index is 3.47. The molecule has 1 heterocycles. The number of rotatable bonds is 5. The van der Waals surface area contributed by atoms with E-state index >= 15 is 0 Å². The van der Waals surface area contributed by atoms with Crippen LogP contribution in [0.1, 0.15) is 6.92 Å². The summed E-state index contributed by atoms with van der Waals surface area (Å²) < 4.78 is 0. The summed E-state index contributed by atoms with van der Waals surface area (Å²) in [5.41, 5.74) is 1.50. The molecule has 4 heteroatoms. The first-order valence-electron chi connectivity index (χ1n) is 11.1. The molecule has 2 aromatic rings. The third-order valence-corrected chi connectivity index (χ3v) is 8.32. The second-order valence-electron chi connectivity index (χ2n) is 7.80. The Kier molecular flexibility index (Phi) is 11.2. The van der Waals surface area contributed by atoms with E-state index in [1.54, 1.807) is 0 Å². The van der Waals surface area contributed by atoms with Gasteiger partial charge in [0.1, 0.15) is 0 Å². The van der Waals surface area contributed by atoms with Gasteiger partial charge in [0.25, 0.3) is 0 Å². The molecule has 3 aliphatic rings. The fourth-order valence-electron chi connectivity index (χ4n) is 4.15. The predicted octanol–water partition coefficient (Wildman–Crippen LogP) is 4.16. The molecule has 2 saturated carbocycles. The Labute approximate surface area is 208 Å². The number of piperazine rings is 1. The normalized spacial score (nSPS) is 21.1. The fraction of sp³-hybridized carbons (Fsp3) is 0.214. The van der Waals surface area contributed by atoms with Gasteiger partial charge in [0.05, 0.1) is 0 Å². The maximum Gasteiger partial charge on any atom is 2.00 e. The van der Waals surface area contributed by atoms with Crippen LogP contribution in [0.25, 0.3) is 0 Å². The van der Waals surface area contributed by atoms with Crippen molar-refractivity contribution in [2.45, 2.75) is 13.0 Å². The van der Waals surface area contributed by atoms with Crippen LogP contribution < -0.4 is 15.9 Å². The van der Waals surface area contributed by atoms with Gasteiger partial charge in [-0.25, -0.2) is 0 Å². The van der Waals surface area contributed by atoms with Crippen LogP contribution in [-0.4, -0.2) is 37.1 Å². The van der Waals surface area contributed by atoms with Gasteiger partial charge in [-0.2, -0.15) is 0 Å². The fourth-order valence-corrected chi connectivity index (χ4v) is 6.70. The van der Waals surface area contributed by atoms with E-state index in [0.29, 0.717) is 6.04 Å². The minimum atomic E-state index is -0.526. The zero-order chi connectivity index (χ0) is 21.3. The van der Waals surface area contributed by atoms with Gasteiger partial charge in [0.2, 0.25) is 0 Å². The van der Waals surface area contributed by atoms with Crippen molar-refractivity contribution in [2.24, 2.45) is 0 Å². The molecule has 10 radical (unpaired) electrons. The van der Waals surface area contributed by atoms with E-state index < -0.39 is 7.92 Å². The van der Waals surface area contributed by atoms with Crippen molar-refractivity contribution in [1.82, 2.24) is 10.2 Å². The van der Waals surface area contributed by atoms with E-state index in [4.69, 9.17) is 0 Å². The molecule has 2 aromatic carbocycles. The molecule has 5 rings (SSSR count). The molecule has 1 saturated heterocycles. The van der Waals surface area contributed by atoms with E-state index in [0.717, 1.165) is 26.2 Å². The summed E-state index contributed by atoms with van der Waals surface area (Å²) in [5, 5.41) is 6.32. The van der Waals surface area contributed by atoms with Crippen LogP contribution in [0.4, 0.5) is 0 Å². The van der Waals surface area contributed by atoms with Crippen LogP contribution in [0, 0.1) is 62.9 Å². The minimum Gasteiger partial charge on any atom is -0.314 e. The SMILES string of the molecule is C[C@@H]([C]1[CH][CH][CH][C]1P(c1ccccc1)c1ccccc1)N1CCNCC1.[CH]1[CH][CH][CH][CH]1.[Fe+2]. The molecule has 0 aromatic heterocycles. The van der Waals surface area contributed by atoms with Gasteiger partial charge < -0.3 is 5.32 Å².